The highest BCUT2D eigenvalue weighted by atomic mass is 19.1. The van der Waals surface area contributed by atoms with Crippen LogP contribution in [0.4, 0.5) is 14.8 Å². The molecule has 0 aliphatic carbocycles. The summed E-state index contributed by atoms with van der Waals surface area (Å²) in [6, 6.07) is 3.63. The molecule has 0 aliphatic rings. The van der Waals surface area contributed by atoms with E-state index in [0.29, 0.717) is 17.5 Å². The summed E-state index contributed by atoms with van der Waals surface area (Å²) in [6.07, 6.45) is 0. The average molecular weight is 224 g/mol. The van der Waals surface area contributed by atoms with Crippen LogP contribution in [0.15, 0.2) is 22.6 Å². The van der Waals surface area contributed by atoms with E-state index in [1.54, 1.807) is 14.0 Å². The first-order valence-electron chi connectivity index (χ1n) is 4.72. The van der Waals surface area contributed by atoms with Crippen LogP contribution in [0, 0.1) is 18.6 Å². The summed E-state index contributed by atoms with van der Waals surface area (Å²) in [5, 5.41) is 2.71. The summed E-state index contributed by atoms with van der Waals surface area (Å²) in [5.74, 6) is -0.976. The van der Waals surface area contributed by atoms with E-state index in [1.807, 2.05) is 0 Å². The predicted octanol–water partition coefficient (Wildman–Crippen LogP) is 2.97. The third kappa shape index (κ3) is 1.76. The Balaban J connectivity index is 2.53. The van der Waals surface area contributed by atoms with E-state index in [4.69, 9.17) is 4.42 Å². The molecule has 1 aromatic heterocycles. The summed E-state index contributed by atoms with van der Waals surface area (Å²) in [5.41, 5.74) is 0.753. The zero-order valence-corrected chi connectivity index (χ0v) is 8.84. The van der Waals surface area contributed by atoms with Crippen molar-refractivity contribution in [1.82, 2.24) is 4.98 Å². The molecule has 0 atom stereocenters. The van der Waals surface area contributed by atoms with E-state index in [1.165, 1.54) is 12.1 Å². The summed E-state index contributed by atoms with van der Waals surface area (Å²) in [7, 11) is 1.65. The van der Waals surface area contributed by atoms with Crippen LogP contribution in [0.5, 0.6) is 0 Å². The van der Waals surface area contributed by atoms with Crippen LogP contribution < -0.4 is 5.32 Å². The maximum absolute atomic E-state index is 13.5. The predicted molar refractivity (Wildman–Crippen MR) is 56.1 cm³/mol. The Morgan fingerprint density at radius 2 is 2.06 bits per heavy atom. The summed E-state index contributed by atoms with van der Waals surface area (Å²) in [6.45, 7) is 1.70. The van der Waals surface area contributed by atoms with Crippen molar-refractivity contribution in [2.45, 2.75) is 6.92 Å². The van der Waals surface area contributed by atoms with E-state index in [-0.39, 0.29) is 5.56 Å². The SMILES string of the molecule is CNc1nc(C)c(-c2ccc(F)cc2F)o1. The first-order chi connectivity index (χ1) is 7.61. The first kappa shape index (κ1) is 10.6. The van der Waals surface area contributed by atoms with Crippen molar-refractivity contribution in [2.24, 2.45) is 0 Å². The summed E-state index contributed by atoms with van der Waals surface area (Å²) < 4.78 is 31.5. The smallest absolute Gasteiger partial charge is 0.295 e. The number of halogens is 2. The minimum absolute atomic E-state index is 0.202. The van der Waals surface area contributed by atoms with E-state index in [9.17, 15) is 8.78 Å². The number of benzene rings is 1. The third-order valence-corrected chi connectivity index (χ3v) is 2.19. The van der Waals surface area contributed by atoms with Gasteiger partial charge in [0.1, 0.15) is 11.6 Å². The zero-order valence-electron chi connectivity index (χ0n) is 8.84. The van der Waals surface area contributed by atoms with E-state index >= 15 is 0 Å². The van der Waals surface area contributed by atoms with Crippen LogP contribution in [-0.4, -0.2) is 12.0 Å². The Morgan fingerprint density at radius 3 is 2.62 bits per heavy atom. The minimum atomic E-state index is -0.665. The quantitative estimate of drug-likeness (QED) is 0.852. The number of aryl methyl sites for hydroxylation is 1. The zero-order chi connectivity index (χ0) is 11.7. The van der Waals surface area contributed by atoms with Crippen molar-refractivity contribution in [3.05, 3.63) is 35.5 Å². The molecule has 84 valence electrons. The molecule has 0 aliphatic heterocycles. The van der Waals surface area contributed by atoms with Gasteiger partial charge in [-0.2, -0.15) is 4.98 Å². The fourth-order valence-electron chi connectivity index (χ4n) is 1.43. The van der Waals surface area contributed by atoms with Gasteiger partial charge in [0.2, 0.25) is 0 Å². The van der Waals surface area contributed by atoms with Gasteiger partial charge in [0.05, 0.1) is 11.3 Å². The molecule has 1 heterocycles. The number of rotatable bonds is 2. The van der Waals surface area contributed by atoms with Gasteiger partial charge >= 0.3 is 0 Å². The molecule has 0 radical (unpaired) electrons. The highest BCUT2D eigenvalue weighted by molar-refractivity contribution is 5.61. The van der Waals surface area contributed by atoms with Crippen LogP contribution in [0.1, 0.15) is 5.69 Å². The molecule has 0 spiro atoms. The topological polar surface area (TPSA) is 38.1 Å². The monoisotopic (exact) mass is 224 g/mol. The number of oxazole rings is 1. The molecule has 3 nitrogen and oxygen atoms in total. The molecule has 16 heavy (non-hydrogen) atoms. The molecule has 0 amide bonds. The lowest BCUT2D eigenvalue weighted by molar-refractivity contribution is 0.564. The second kappa shape index (κ2) is 3.92. The van der Waals surface area contributed by atoms with Gasteiger partial charge in [-0.15, -0.1) is 0 Å². The van der Waals surface area contributed by atoms with Gasteiger partial charge in [-0.3, -0.25) is 0 Å². The van der Waals surface area contributed by atoms with E-state index in [2.05, 4.69) is 10.3 Å². The Hall–Kier alpha value is -1.91. The van der Waals surface area contributed by atoms with E-state index in [0.717, 1.165) is 6.07 Å². The van der Waals surface area contributed by atoms with Gasteiger partial charge in [0.15, 0.2) is 5.76 Å². The lowest BCUT2D eigenvalue weighted by Gasteiger charge is -1.99. The number of anilines is 1. The minimum Gasteiger partial charge on any atom is -0.423 e. The van der Waals surface area contributed by atoms with Crippen LogP contribution in [0.25, 0.3) is 11.3 Å². The van der Waals surface area contributed by atoms with Crippen LogP contribution in [-0.2, 0) is 0 Å². The van der Waals surface area contributed by atoms with Gasteiger partial charge in [0.25, 0.3) is 6.01 Å². The van der Waals surface area contributed by atoms with Crippen LogP contribution in [0.2, 0.25) is 0 Å². The Labute approximate surface area is 91.1 Å². The largest absolute Gasteiger partial charge is 0.423 e. The highest BCUT2D eigenvalue weighted by Crippen LogP contribution is 2.28. The van der Waals surface area contributed by atoms with Crippen LogP contribution in [0.3, 0.4) is 0 Å². The molecule has 0 bridgehead atoms. The van der Waals surface area contributed by atoms with Gasteiger partial charge < -0.3 is 9.73 Å². The standard InChI is InChI=1S/C11H10F2N2O/c1-6-10(16-11(14-2)15-6)8-4-3-7(12)5-9(8)13/h3-5H,1-2H3,(H,14,15). The molecule has 2 aromatic rings. The van der Waals surface area contributed by atoms with Gasteiger partial charge in [-0.25, -0.2) is 8.78 Å². The highest BCUT2D eigenvalue weighted by Gasteiger charge is 2.15. The molecule has 5 heteroatoms. The van der Waals surface area contributed by atoms with Crippen molar-refractivity contribution in [3.8, 4) is 11.3 Å². The molecule has 0 saturated carbocycles. The molecular weight excluding hydrogens is 214 g/mol. The maximum atomic E-state index is 13.5. The summed E-state index contributed by atoms with van der Waals surface area (Å²) in [4.78, 5) is 4.03. The van der Waals surface area contributed by atoms with Gasteiger partial charge in [-0.05, 0) is 19.1 Å². The first-order valence-corrected chi connectivity index (χ1v) is 4.72. The molecule has 1 N–H and O–H groups in total. The number of nitrogens with zero attached hydrogens (tertiary/aromatic N) is 1. The van der Waals surface area contributed by atoms with Gasteiger partial charge in [-0.1, -0.05) is 0 Å². The second-order valence-electron chi connectivity index (χ2n) is 3.31. The molecule has 0 fully saturated rings. The molecule has 2 rings (SSSR count). The molecule has 0 saturated heterocycles. The second-order valence-corrected chi connectivity index (χ2v) is 3.31. The number of nitrogens with one attached hydrogen (secondary N) is 1. The van der Waals surface area contributed by atoms with Crippen molar-refractivity contribution >= 4 is 6.01 Å². The van der Waals surface area contributed by atoms with Crippen molar-refractivity contribution in [3.63, 3.8) is 0 Å². The lowest BCUT2D eigenvalue weighted by Crippen LogP contribution is -1.86. The third-order valence-electron chi connectivity index (χ3n) is 2.19. The van der Waals surface area contributed by atoms with Crippen LogP contribution >= 0.6 is 0 Å². The number of hydrogen-bond acceptors (Lipinski definition) is 3. The molecular formula is C11H10F2N2O. The fourth-order valence-corrected chi connectivity index (χ4v) is 1.43. The number of aromatic nitrogens is 1. The Morgan fingerprint density at radius 1 is 1.31 bits per heavy atom. The average Bonchev–Trinajstić information content (AvgIpc) is 2.60. The normalized spacial score (nSPS) is 10.5. The summed E-state index contributed by atoms with van der Waals surface area (Å²) >= 11 is 0. The maximum Gasteiger partial charge on any atom is 0.295 e. The van der Waals surface area contributed by atoms with Crippen molar-refractivity contribution < 1.29 is 13.2 Å². The fraction of sp³-hybridized carbons (Fsp3) is 0.182. The number of hydrogen-bond donors (Lipinski definition) is 1. The van der Waals surface area contributed by atoms with Crippen molar-refractivity contribution in [2.75, 3.05) is 12.4 Å². The van der Waals surface area contributed by atoms with Gasteiger partial charge in [0, 0.05) is 13.1 Å². The molecule has 1 aromatic carbocycles. The van der Waals surface area contributed by atoms with Crippen molar-refractivity contribution in [1.29, 1.82) is 0 Å². The van der Waals surface area contributed by atoms with E-state index < -0.39 is 11.6 Å². The Kier molecular flexibility index (Phi) is 2.60. The molecule has 0 unspecified atom stereocenters. The lowest BCUT2D eigenvalue weighted by atomic mass is 10.1. The Bertz CT molecular complexity index is 523.